The molecule has 2 N–H and O–H groups in total. The van der Waals surface area contributed by atoms with Gasteiger partial charge in [-0.05, 0) is 50.7 Å². The van der Waals surface area contributed by atoms with Crippen LogP contribution in [0.2, 0.25) is 0 Å². The number of piperidine rings is 1. The lowest BCUT2D eigenvalue weighted by Gasteiger charge is -2.61. The Bertz CT molecular complexity index is 1330. The number of aryl methyl sites for hydroxylation is 1. The standard InChI is InChI=1S/C27H32N6O3S/c1-26(2,28)16-4-22(35-13-27-7-15(8-27)9-27)30-23(5-16)36-24-17-10-33(11-18(17)24)25(34)21-6-19(31-32(21)3)20-12-37-14-29-20/h4-6,12,14-15,17-18,24H,7-11,13,28H2,1-3H3/t15?,17-,18+,24-,27?. The molecule has 3 atom stereocenters. The Morgan fingerprint density at radius 3 is 2.51 bits per heavy atom. The van der Waals surface area contributed by atoms with Crippen molar-refractivity contribution < 1.29 is 14.3 Å². The van der Waals surface area contributed by atoms with Gasteiger partial charge >= 0.3 is 0 Å². The molecule has 1 saturated heterocycles. The molecule has 4 heterocycles. The number of hydrogen-bond donors (Lipinski definition) is 1. The minimum Gasteiger partial charge on any atom is -0.477 e. The van der Waals surface area contributed by atoms with E-state index in [1.807, 2.05) is 42.3 Å². The van der Waals surface area contributed by atoms with E-state index in [-0.39, 0.29) is 12.0 Å². The molecule has 37 heavy (non-hydrogen) atoms. The lowest BCUT2D eigenvalue weighted by atomic mass is 9.45. The van der Waals surface area contributed by atoms with Gasteiger partial charge in [0, 0.05) is 60.4 Å². The number of nitrogens with two attached hydrogens (primary N) is 1. The number of likely N-dealkylation sites (tertiary alicyclic amines) is 1. The van der Waals surface area contributed by atoms with Crippen molar-refractivity contribution in [2.45, 2.75) is 44.8 Å². The number of thiazole rings is 1. The molecule has 1 aliphatic heterocycles. The minimum atomic E-state index is -0.529. The molecule has 4 saturated carbocycles. The van der Waals surface area contributed by atoms with Gasteiger partial charge in [0.1, 0.15) is 23.2 Å². The van der Waals surface area contributed by atoms with Crippen molar-refractivity contribution in [2.75, 3.05) is 19.7 Å². The third kappa shape index (κ3) is 4.01. The SMILES string of the molecule is Cn1nc(-c2cscn2)cc1C(=O)N1C[C@@H]2[C@H](C1)[C@@H]2Oc1cc(C(C)(C)N)cc(OCC23CC(C2)C3)n1. The Balaban J connectivity index is 1.01. The number of ether oxygens (including phenoxy) is 2. The molecule has 0 spiro atoms. The van der Waals surface area contributed by atoms with E-state index in [0.29, 0.717) is 54.4 Å². The molecule has 8 rings (SSSR count). The van der Waals surface area contributed by atoms with E-state index < -0.39 is 5.54 Å². The number of pyridine rings is 1. The second-order valence-corrected chi connectivity index (χ2v) is 12.8. The monoisotopic (exact) mass is 520 g/mol. The number of fused-ring (bicyclic) bond motifs is 1. The topological polar surface area (TPSA) is 108 Å². The van der Waals surface area contributed by atoms with Crippen molar-refractivity contribution in [2.24, 2.45) is 36.0 Å². The maximum Gasteiger partial charge on any atom is 0.272 e. The largest absolute Gasteiger partial charge is 0.477 e. The summed E-state index contributed by atoms with van der Waals surface area (Å²) in [7, 11) is 1.80. The molecule has 5 fully saturated rings. The van der Waals surface area contributed by atoms with Gasteiger partial charge in [-0.3, -0.25) is 9.48 Å². The highest BCUT2D eigenvalue weighted by Crippen LogP contribution is 2.64. The number of amides is 1. The van der Waals surface area contributed by atoms with Gasteiger partial charge in [0.05, 0.1) is 12.1 Å². The Hall–Kier alpha value is -2.98. The van der Waals surface area contributed by atoms with Gasteiger partial charge in [-0.25, -0.2) is 4.98 Å². The number of rotatable bonds is 8. The van der Waals surface area contributed by atoms with E-state index in [0.717, 1.165) is 22.9 Å². The fourth-order valence-electron chi connectivity index (χ4n) is 6.29. The molecule has 5 aliphatic rings. The predicted octanol–water partition coefficient (Wildman–Crippen LogP) is 3.46. The summed E-state index contributed by atoms with van der Waals surface area (Å²) in [4.78, 5) is 24.1. The van der Waals surface area contributed by atoms with Crippen LogP contribution in [0.1, 0.15) is 49.2 Å². The molecule has 4 aliphatic carbocycles. The van der Waals surface area contributed by atoms with Crippen LogP contribution in [0.5, 0.6) is 11.8 Å². The highest BCUT2D eigenvalue weighted by Gasteiger charge is 2.59. The first-order chi connectivity index (χ1) is 17.7. The van der Waals surface area contributed by atoms with Crippen molar-refractivity contribution in [1.29, 1.82) is 0 Å². The molecule has 0 unspecified atom stereocenters. The second-order valence-electron chi connectivity index (χ2n) is 12.1. The molecule has 10 heteroatoms. The maximum atomic E-state index is 13.2. The fourth-order valence-corrected chi connectivity index (χ4v) is 6.84. The van der Waals surface area contributed by atoms with Crippen molar-refractivity contribution >= 4 is 17.2 Å². The minimum absolute atomic E-state index is 0.00303. The average Bonchev–Trinajstić information content (AvgIpc) is 3.30. The molecular weight excluding hydrogens is 488 g/mol. The highest BCUT2D eigenvalue weighted by atomic mass is 32.1. The molecule has 1 amide bonds. The van der Waals surface area contributed by atoms with Crippen LogP contribution in [0, 0.1) is 23.2 Å². The Morgan fingerprint density at radius 1 is 1.16 bits per heavy atom. The normalized spacial score (nSPS) is 29.4. The fraction of sp³-hybridized carbons (Fsp3) is 0.556. The van der Waals surface area contributed by atoms with Crippen LogP contribution < -0.4 is 15.2 Å². The van der Waals surface area contributed by atoms with Gasteiger partial charge in [-0.15, -0.1) is 11.3 Å². The first-order valence-electron chi connectivity index (χ1n) is 13.0. The van der Waals surface area contributed by atoms with E-state index in [4.69, 9.17) is 15.2 Å². The van der Waals surface area contributed by atoms with Gasteiger partial charge < -0.3 is 20.1 Å². The van der Waals surface area contributed by atoms with Crippen LogP contribution in [0.4, 0.5) is 0 Å². The number of carbonyl (C=O) groups is 1. The summed E-state index contributed by atoms with van der Waals surface area (Å²) >= 11 is 1.51. The van der Waals surface area contributed by atoms with E-state index in [1.54, 1.807) is 17.2 Å². The van der Waals surface area contributed by atoms with Crippen molar-refractivity contribution in [1.82, 2.24) is 24.6 Å². The van der Waals surface area contributed by atoms with E-state index in [2.05, 4.69) is 15.1 Å². The molecule has 3 aromatic rings. The summed E-state index contributed by atoms with van der Waals surface area (Å²) in [5, 5.41) is 6.42. The average molecular weight is 521 g/mol. The van der Waals surface area contributed by atoms with Crippen LogP contribution in [0.3, 0.4) is 0 Å². The van der Waals surface area contributed by atoms with Gasteiger partial charge in [-0.2, -0.15) is 10.1 Å². The number of carbonyl (C=O) groups excluding carboxylic acids is 1. The lowest BCUT2D eigenvalue weighted by molar-refractivity contribution is -0.132. The van der Waals surface area contributed by atoms with Crippen molar-refractivity contribution in [3.8, 4) is 23.1 Å². The van der Waals surface area contributed by atoms with E-state index in [9.17, 15) is 4.79 Å². The molecular formula is C27H32N6O3S. The van der Waals surface area contributed by atoms with Gasteiger partial charge in [0.15, 0.2) is 0 Å². The predicted molar refractivity (Wildman–Crippen MR) is 138 cm³/mol. The molecule has 9 nitrogen and oxygen atoms in total. The van der Waals surface area contributed by atoms with Crippen molar-refractivity contribution in [3.05, 3.63) is 40.3 Å². The second kappa shape index (κ2) is 8.01. The zero-order valence-corrected chi connectivity index (χ0v) is 22.2. The zero-order chi connectivity index (χ0) is 25.5. The third-order valence-corrected chi connectivity index (χ3v) is 9.25. The zero-order valence-electron chi connectivity index (χ0n) is 21.4. The summed E-state index contributed by atoms with van der Waals surface area (Å²) < 4.78 is 14.1. The highest BCUT2D eigenvalue weighted by molar-refractivity contribution is 7.07. The molecule has 2 bridgehead atoms. The summed E-state index contributed by atoms with van der Waals surface area (Å²) in [6, 6.07) is 5.70. The summed E-state index contributed by atoms with van der Waals surface area (Å²) in [6.07, 6.45) is 3.90. The van der Waals surface area contributed by atoms with E-state index >= 15 is 0 Å². The summed E-state index contributed by atoms with van der Waals surface area (Å²) in [5.74, 6) is 2.67. The van der Waals surface area contributed by atoms with Crippen LogP contribution in [0.15, 0.2) is 29.1 Å². The third-order valence-electron chi connectivity index (χ3n) is 8.67. The smallest absolute Gasteiger partial charge is 0.272 e. The van der Waals surface area contributed by atoms with Crippen LogP contribution in [-0.4, -0.2) is 56.4 Å². The molecule has 0 radical (unpaired) electrons. The first kappa shape index (κ1) is 23.2. The van der Waals surface area contributed by atoms with Crippen molar-refractivity contribution in [3.63, 3.8) is 0 Å². The van der Waals surface area contributed by atoms with Crippen LogP contribution in [0.25, 0.3) is 11.4 Å². The van der Waals surface area contributed by atoms with Gasteiger partial charge in [-0.1, -0.05) is 0 Å². The summed E-state index contributed by atoms with van der Waals surface area (Å²) in [5.41, 5.74) is 11.1. The van der Waals surface area contributed by atoms with E-state index in [1.165, 1.54) is 30.6 Å². The molecule has 194 valence electrons. The van der Waals surface area contributed by atoms with Crippen LogP contribution >= 0.6 is 11.3 Å². The Labute approximate surface area is 220 Å². The maximum absolute atomic E-state index is 13.2. The molecule has 3 aromatic heterocycles. The quantitative estimate of drug-likeness (QED) is 0.485. The summed E-state index contributed by atoms with van der Waals surface area (Å²) in [6.45, 7) is 6.00. The number of nitrogens with zero attached hydrogens (tertiary/aromatic N) is 5. The Kier molecular flexibility index (Phi) is 5.01. The lowest BCUT2D eigenvalue weighted by Crippen LogP contribution is -2.55. The molecule has 0 aromatic carbocycles. The first-order valence-corrected chi connectivity index (χ1v) is 13.9. The number of aromatic nitrogens is 4. The van der Waals surface area contributed by atoms with Gasteiger partial charge in [0.2, 0.25) is 11.8 Å². The van der Waals surface area contributed by atoms with Crippen LogP contribution in [-0.2, 0) is 12.6 Å². The van der Waals surface area contributed by atoms with Gasteiger partial charge in [0.25, 0.3) is 5.91 Å². The Morgan fingerprint density at radius 2 is 1.89 bits per heavy atom. The number of hydrogen-bond acceptors (Lipinski definition) is 8.